The first-order chi connectivity index (χ1) is 14.8. The van der Waals surface area contributed by atoms with E-state index in [0.29, 0.717) is 39.2 Å². The maximum Gasteiger partial charge on any atom is 0.306 e. The number of thioether (sulfide) groups is 1. The summed E-state index contributed by atoms with van der Waals surface area (Å²) in [6.45, 7) is 1.52. The summed E-state index contributed by atoms with van der Waals surface area (Å²) in [6.07, 6.45) is 4.26. The zero-order valence-corrected chi connectivity index (χ0v) is 18.5. The molecule has 6 nitrogen and oxygen atoms in total. The topological polar surface area (TPSA) is 87.8 Å². The molecule has 1 aliphatic carbocycles. The fourth-order valence-corrected chi connectivity index (χ4v) is 5.38. The lowest BCUT2D eigenvalue weighted by molar-refractivity contribution is -0.144. The van der Waals surface area contributed by atoms with Gasteiger partial charge in [-0.05, 0) is 38.3 Å². The number of ketones is 1. The molecule has 2 fully saturated rings. The molecule has 0 bridgehead atoms. The zero-order valence-electron chi connectivity index (χ0n) is 16.9. The van der Waals surface area contributed by atoms with Gasteiger partial charge in [0.05, 0.1) is 10.8 Å². The normalized spacial score (nSPS) is 22.9. The molecule has 31 heavy (non-hydrogen) atoms. The molecule has 2 atom stereocenters. The number of hydrogen-bond acceptors (Lipinski definition) is 6. The number of carbonyl (C=O) groups is 3. The van der Waals surface area contributed by atoms with Crippen LogP contribution in [0.1, 0.15) is 48.7 Å². The molecule has 2 aromatic rings. The minimum Gasteiger partial charge on any atom is -0.481 e. The molecule has 4 rings (SSSR count). The van der Waals surface area contributed by atoms with Crippen molar-refractivity contribution in [2.24, 2.45) is 5.92 Å². The summed E-state index contributed by atoms with van der Waals surface area (Å²) in [5, 5.41) is 9.33. The standard InChI is InChI=1S/C23H21NO5S2/c1-13(25)14-5-7-15(8-6-14)19-10-9-18(29-19)12-20-21(26)24(23(30)31-20)17-4-2-3-16(11-17)22(27)28/h5-10,12,16-17H,2-4,11H2,1H3,(H,27,28)/b20-12+. The summed E-state index contributed by atoms with van der Waals surface area (Å²) in [5.41, 5.74) is 1.46. The third-order valence-corrected chi connectivity index (χ3v) is 6.99. The summed E-state index contributed by atoms with van der Waals surface area (Å²) in [7, 11) is 0. The fourth-order valence-electron chi connectivity index (χ4n) is 4.00. The summed E-state index contributed by atoms with van der Waals surface area (Å²) >= 11 is 6.65. The largest absolute Gasteiger partial charge is 0.481 e. The van der Waals surface area contributed by atoms with Crippen LogP contribution in [-0.2, 0) is 9.59 Å². The highest BCUT2D eigenvalue weighted by Gasteiger charge is 2.40. The van der Waals surface area contributed by atoms with E-state index in [-0.39, 0.29) is 17.7 Å². The Kier molecular flexibility index (Phi) is 6.11. The lowest BCUT2D eigenvalue weighted by Gasteiger charge is -2.32. The van der Waals surface area contributed by atoms with E-state index >= 15 is 0 Å². The van der Waals surface area contributed by atoms with Gasteiger partial charge in [-0.1, -0.05) is 54.7 Å². The highest BCUT2D eigenvalue weighted by Crippen LogP contribution is 2.39. The molecule has 1 aliphatic heterocycles. The minimum atomic E-state index is -0.815. The van der Waals surface area contributed by atoms with Gasteiger partial charge in [-0.25, -0.2) is 0 Å². The second-order valence-corrected chi connectivity index (χ2v) is 9.42. The SMILES string of the molecule is CC(=O)c1ccc(-c2ccc(/C=C3/SC(=S)N(C4CCCC(C(=O)O)C4)C3=O)o2)cc1. The van der Waals surface area contributed by atoms with Gasteiger partial charge < -0.3 is 9.52 Å². The molecule has 2 aliphatic rings. The van der Waals surface area contributed by atoms with Crippen LogP contribution in [0.2, 0.25) is 0 Å². The van der Waals surface area contributed by atoms with Crippen molar-refractivity contribution in [3.63, 3.8) is 0 Å². The van der Waals surface area contributed by atoms with Gasteiger partial charge in [0.1, 0.15) is 15.8 Å². The molecule has 1 aromatic heterocycles. The molecule has 0 spiro atoms. The van der Waals surface area contributed by atoms with E-state index in [4.69, 9.17) is 16.6 Å². The molecule has 1 N–H and O–H groups in total. The number of carboxylic acids is 1. The van der Waals surface area contributed by atoms with Gasteiger partial charge >= 0.3 is 5.97 Å². The Morgan fingerprint density at radius 2 is 1.94 bits per heavy atom. The number of thiocarbonyl (C=S) groups is 1. The highest BCUT2D eigenvalue weighted by atomic mass is 32.2. The van der Waals surface area contributed by atoms with Crippen LogP contribution in [0, 0.1) is 5.92 Å². The van der Waals surface area contributed by atoms with Crippen LogP contribution < -0.4 is 0 Å². The number of amides is 1. The zero-order chi connectivity index (χ0) is 22.1. The summed E-state index contributed by atoms with van der Waals surface area (Å²) in [5.74, 6) is -0.290. The summed E-state index contributed by atoms with van der Waals surface area (Å²) < 4.78 is 6.34. The fraction of sp³-hybridized carbons (Fsp3) is 0.304. The van der Waals surface area contributed by atoms with Crippen molar-refractivity contribution in [2.75, 3.05) is 0 Å². The Hall–Kier alpha value is -2.71. The van der Waals surface area contributed by atoms with Gasteiger partial charge in [0, 0.05) is 23.2 Å². The lowest BCUT2D eigenvalue weighted by atomic mass is 9.85. The van der Waals surface area contributed by atoms with E-state index in [9.17, 15) is 19.5 Å². The number of aliphatic carboxylic acids is 1. The van der Waals surface area contributed by atoms with Crippen molar-refractivity contribution in [3.8, 4) is 11.3 Å². The van der Waals surface area contributed by atoms with Crippen LogP contribution >= 0.6 is 24.0 Å². The smallest absolute Gasteiger partial charge is 0.306 e. The van der Waals surface area contributed by atoms with E-state index in [2.05, 4.69) is 0 Å². The van der Waals surface area contributed by atoms with Crippen LogP contribution in [0.15, 0.2) is 45.7 Å². The molecule has 1 amide bonds. The van der Waals surface area contributed by atoms with Crippen LogP contribution in [0.25, 0.3) is 17.4 Å². The maximum atomic E-state index is 13.0. The van der Waals surface area contributed by atoms with Gasteiger partial charge in [0.25, 0.3) is 5.91 Å². The Labute approximate surface area is 189 Å². The van der Waals surface area contributed by atoms with E-state index < -0.39 is 11.9 Å². The molecule has 1 saturated carbocycles. The minimum absolute atomic E-state index is 0.00125. The van der Waals surface area contributed by atoms with Crippen molar-refractivity contribution in [1.82, 2.24) is 4.90 Å². The molecule has 2 heterocycles. The van der Waals surface area contributed by atoms with E-state index in [1.54, 1.807) is 29.2 Å². The van der Waals surface area contributed by atoms with Crippen molar-refractivity contribution >= 4 is 52.0 Å². The first-order valence-electron chi connectivity index (χ1n) is 10.0. The average molecular weight is 456 g/mol. The van der Waals surface area contributed by atoms with Gasteiger partial charge in [0.15, 0.2) is 5.78 Å². The van der Waals surface area contributed by atoms with Gasteiger partial charge in [-0.2, -0.15) is 0 Å². The second-order valence-electron chi connectivity index (χ2n) is 7.74. The predicted molar refractivity (Wildman–Crippen MR) is 123 cm³/mol. The molecule has 1 aromatic carbocycles. The Morgan fingerprint density at radius 3 is 2.61 bits per heavy atom. The van der Waals surface area contributed by atoms with Crippen LogP contribution in [-0.4, -0.2) is 38.0 Å². The third-order valence-electron chi connectivity index (χ3n) is 5.66. The number of carboxylic acid groups (broad SMARTS) is 1. The molecule has 2 unspecified atom stereocenters. The van der Waals surface area contributed by atoms with Gasteiger partial charge in [-0.15, -0.1) is 0 Å². The monoisotopic (exact) mass is 455 g/mol. The maximum absolute atomic E-state index is 13.0. The summed E-state index contributed by atoms with van der Waals surface area (Å²) in [6, 6.07) is 10.6. The van der Waals surface area contributed by atoms with Crippen molar-refractivity contribution in [3.05, 3.63) is 52.6 Å². The Morgan fingerprint density at radius 1 is 1.19 bits per heavy atom. The molecule has 8 heteroatoms. The predicted octanol–water partition coefficient (Wildman–Crippen LogP) is 4.99. The van der Waals surface area contributed by atoms with E-state index in [1.807, 2.05) is 18.2 Å². The molecule has 160 valence electrons. The third kappa shape index (κ3) is 4.50. The number of Topliss-reactive ketones (excluding diaryl/α,β-unsaturated/α-hetero) is 1. The quantitative estimate of drug-likeness (QED) is 0.386. The second kappa shape index (κ2) is 8.80. The number of nitrogens with zero attached hydrogens (tertiary/aromatic N) is 1. The van der Waals surface area contributed by atoms with Crippen LogP contribution in [0.3, 0.4) is 0 Å². The first-order valence-corrected chi connectivity index (χ1v) is 11.3. The number of benzene rings is 1. The van der Waals surface area contributed by atoms with E-state index in [1.165, 1.54) is 18.7 Å². The van der Waals surface area contributed by atoms with Crippen molar-refractivity contribution in [1.29, 1.82) is 0 Å². The Balaban J connectivity index is 1.51. The first kappa shape index (κ1) is 21.5. The van der Waals surface area contributed by atoms with Crippen LogP contribution in [0.4, 0.5) is 0 Å². The summed E-state index contributed by atoms with van der Waals surface area (Å²) in [4.78, 5) is 37.8. The number of furan rings is 1. The van der Waals surface area contributed by atoms with Gasteiger partial charge in [-0.3, -0.25) is 19.3 Å². The number of carbonyl (C=O) groups excluding carboxylic acids is 2. The van der Waals surface area contributed by atoms with Crippen molar-refractivity contribution < 1.29 is 23.9 Å². The number of rotatable bonds is 5. The highest BCUT2D eigenvalue weighted by molar-refractivity contribution is 8.26. The van der Waals surface area contributed by atoms with E-state index in [0.717, 1.165) is 18.4 Å². The van der Waals surface area contributed by atoms with Gasteiger partial charge in [0.2, 0.25) is 0 Å². The van der Waals surface area contributed by atoms with Crippen molar-refractivity contribution in [2.45, 2.75) is 38.6 Å². The molecule has 0 radical (unpaired) electrons. The van der Waals surface area contributed by atoms with Crippen LogP contribution in [0.5, 0.6) is 0 Å². The molecule has 1 saturated heterocycles. The Bertz CT molecular complexity index is 1090. The molecular weight excluding hydrogens is 434 g/mol. The molecular formula is C23H21NO5S2. The average Bonchev–Trinajstić information content (AvgIpc) is 3.32. The lowest BCUT2D eigenvalue weighted by Crippen LogP contribution is -2.42. The number of hydrogen-bond donors (Lipinski definition) is 1.